The summed E-state index contributed by atoms with van der Waals surface area (Å²) in [5.74, 6) is 3.64. The van der Waals surface area contributed by atoms with Crippen LogP contribution in [-0.4, -0.2) is 60.6 Å². The zero-order valence-electron chi connectivity index (χ0n) is 19.9. The molecule has 1 amide bonds. The quantitative estimate of drug-likeness (QED) is 0.697. The minimum atomic E-state index is 0.149. The lowest BCUT2D eigenvalue weighted by Crippen LogP contribution is -2.40. The number of fused-ring (bicyclic) bond motifs is 1. The molecule has 176 valence electrons. The van der Waals surface area contributed by atoms with Crippen molar-refractivity contribution in [2.24, 2.45) is 5.92 Å². The number of piperidine rings is 1. The van der Waals surface area contributed by atoms with Crippen molar-refractivity contribution < 1.29 is 9.53 Å². The molecular formula is C26H35N5O2. The Morgan fingerprint density at radius 2 is 1.85 bits per heavy atom. The van der Waals surface area contributed by atoms with E-state index in [4.69, 9.17) is 14.7 Å². The third-order valence-corrected chi connectivity index (χ3v) is 7.34. The summed E-state index contributed by atoms with van der Waals surface area (Å²) in [6.45, 7) is 7.79. The van der Waals surface area contributed by atoms with Gasteiger partial charge in [-0.1, -0.05) is 19.1 Å². The van der Waals surface area contributed by atoms with Gasteiger partial charge in [-0.05, 0) is 49.3 Å². The maximum Gasteiger partial charge on any atom is 0.227 e. The minimum absolute atomic E-state index is 0.149. The van der Waals surface area contributed by atoms with Gasteiger partial charge in [-0.25, -0.2) is 4.98 Å². The summed E-state index contributed by atoms with van der Waals surface area (Å²) < 4.78 is 5.32. The van der Waals surface area contributed by atoms with Crippen LogP contribution in [0.25, 0.3) is 0 Å². The molecule has 7 nitrogen and oxygen atoms in total. The van der Waals surface area contributed by atoms with Crippen LogP contribution in [0.5, 0.6) is 5.75 Å². The average Bonchev–Trinajstić information content (AvgIpc) is 3.39. The molecular weight excluding hydrogens is 414 g/mol. The second-order valence-corrected chi connectivity index (χ2v) is 9.73. The highest BCUT2D eigenvalue weighted by Crippen LogP contribution is 2.32. The van der Waals surface area contributed by atoms with Gasteiger partial charge < -0.3 is 19.4 Å². The summed E-state index contributed by atoms with van der Waals surface area (Å²) >= 11 is 0. The van der Waals surface area contributed by atoms with Crippen molar-refractivity contribution in [3.8, 4) is 5.75 Å². The van der Waals surface area contributed by atoms with Gasteiger partial charge in [-0.3, -0.25) is 4.79 Å². The van der Waals surface area contributed by atoms with E-state index in [9.17, 15) is 4.79 Å². The van der Waals surface area contributed by atoms with E-state index in [1.807, 2.05) is 29.2 Å². The maximum absolute atomic E-state index is 13.2. The number of methoxy groups -OCH3 is 1. The average molecular weight is 450 g/mol. The number of carbonyl (C=O) groups is 1. The number of ether oxygens (including phenoxy) is 1. The zero-order valence-corrected chi connectivity index (χ0v) is 19.9. The van der Waals surface area contributed by atoms with Gasteiger partial charge in [0.2, 0.25) is 11.9 Å². The Morgan fingerprint density at radius 3 is 2.61 bits per heavy atom. The van der Waals surface area contributed by atoms with Crippen molar-refractivity contribution in [3.63, 3.8) is 0 Å². The molecule has 5 rings (SSSR count). The Hall–Kier alpha value is -2.83. The smallest absolute Gasteiger partial charge is 0.227 e. The molecule has 0 radical (unpaired) electrons. The van der Waals surface area contributed by atoms with Crippen LogP contribution >= 0.6 is 0 Å². The topological polar surface area (TPSA) is 61.8 Å². The van der Waals surface area contributed by atoms with Gasteiger partial charge in [-0.15, -0.1) is 0 Å². The molecule has 2 saturated heterocycles. The highest BCUT2D eigenvalue weighted by Gasteiger charge is 2.30. The van der Waals surface area contributed by atoms with E-state index in [0.717, 1.165) is 72.9 Å². The fourth-order valence-corrected chi connectivity index (χ4v) is 5.21. The number of hydrogen-bond acceptors (Lipinski definition) is 6. The lowest BCUT2D eigenvalue weighted by atomic mass is 9.98. The largest absolute Gasteiger partial charge is 0.497 e. The molecule has 0 spiro atoms. The normalized spacial score (nSPS) is 19.0. The summed E-state index contributed by atoms with van der Waals surface area (Å²) in [6.07, 6.45) is 5.98. The minimum Gasteiger partial charge on any atom is -0.497 e. The van der Waals surface area contributed by atoms with Gasteiger partial charge in [0.1, 0.15) is 11.6 Å². The molecule has 1 aromatic heterocycles. The Kier molecular flexibility index (Phi) is 6.38. The maximum atomic E-state index is 13.2. The number of aromatic nitrogens is 2. The van der Waals surface area contributed by atoms with Gasteiger partial charge in [0.05, 0.1) is 25.8 Å². The molecule has 3 aliphatic heterocycles. The fraction of sp³-hybridized carbons (Fsp3) is 0.577. The van der Waals surface area contributed by atoms with Crippen molar-refractivity contribution in [2.75, 3.05) is 49.6 Å². The van der Waals surface area contributed by atoms with Crippen LogP contribution in [0.15, 0.2) is 24.3 Å². The van der Waals surface area contributed by atoms with Gasteiger partial charge in [0, 0.05) is 44.7 Å². The fourth-order valence-electron chi connectivity index (χ4n) is 5.21. The molecule has 0 atom stereocenters. The molecule has 33 heavy (non-hydrogen) atoms. The number of benzene rings is 1. The molecule has 0 unspecified atom stereocenters. The lowest BCUT2D eigenvalue weighted by molar-refractivity contribution is -0.131. The van der Waals surface area contributed by atoms with Crippen LogP contribution in [0.2, 0.25) is 0 Å². The number of amides is 1. The summed E-state index contributed by atoms with van der Waals surface area (Å²) in [6, 6.07) is 7.79. The number of nitrogens with zero attached hydrogens (tertiary/aromatic N) is 5. The highest BCUT2D eigenvalue weighted by molar-refractivity contribution is 5.79. The van der Waals surface area contributed by atoms with Gasteiger partial charge in [0.15, 0.2) is 0 Å². The monoisotopic (exact) mass is 449 g/mol. The van der Waals surface area contributed by atoms with Crippen LogP contribution in [0.3, 0.4) is 0 Å². The molecule has 4 heterocycles. The molecule has 0 bridgehead atoms. The molecule has 1 aromatic carbocycles. The van der Waals surface area contributed by atoms with Crippen molar-refractivity contribution in [3.05, 3.63) is 41.1 Å². The first-order chi connectivity index (χ1) is 16.1. The third-order valence-electron chi connectivity index (χ3n) is 7.34. The predicted molar refractivity (Wildman–Crippen MR) is 130 cm³/mol. The Labute approximate surface area is 196 Å². The van der Waals surface area contributed by atoms with Gasteiger partial charge >= 0.3 is 0 Å². The Morgan fingerprint density at radius 1 is 1.06 bits per heavy atom. The number of anilines is 2. The molecule has 7 heteroatoms. The third kappa shape index (κ3) is 4.77. The summed E-state index contributed by atoms with van der Waals surface area (Å²) in [7, 11) is 1.65. The zero-order chi connectivity index (χ0) is 22.8. The molecule has 0 N–H and O–H groups in total. The van der Waals surface area contributed by atoms with Crippen LogP contribution in [-0.2, 0) is 24.2 Å². The van der Waals surface area contributed by atoms with E-state index in [-0.39, 0.29) is 5.91 Å². The van der Waals surface area contributed by atoms with E-state index in [0.29, 0.717) is 19.5 Å². The van der Waals surface area contributed by atoms with Gasteiger partial charge in [0.25, 0.3) is 0 Å². The van der Waals surface area contributed by atoms with E-state index in [1.165, 1.54) is 25.7 Å². The predicted octanol–water partition coefficient (Wildman–Crippen LogP) is 3.45. The van der Waals surface area contributed by atoms with E-state index >= 15 is 0 Å². The van der Waals surface area contributed by atoms with Crippen molar-refractivity contribution in [2.45, 2.75) is 52.0 Å². The molecule has 0 saturated carbocycles. The van der Waals surface area contributed by atoms with E-state index in [2.05, 4.69) is 16.7 Å². The Bertz CT molecular complexity index is 996. The van der Waals surface area contributed by atoms with Gasteiger partial charge in [-0.2, -0.15) is 4.98 Å². The standard InChI is InChI=1S/C26H35N5O2/c1-19-8-13-29(14-9-19)25-22-18-31(24(32)17-20-6-5-7-21(16-20)33-2)15-10-23(22)27-26(28-25)30-11-3-4-12-30/h5-7,16,19H,3-4,8-15,17-18H2,1-2H3. The molecule has 2 aromatic rings. The number of rotatable bonds is 5. The summed E-state index contributed by atoms with van der Waals surface area (Å²) in [4.78, 5) is 30.1. The molecule has 2 fully saturated rings. The summed E-state index contributed by atoms with van der Waals surface area (Å²) in [5.41, 5.74) is 3.26. The van der Waals surface area contributed by atoms with Crippen LogP contribution < -0.4 is 14.5 Å². The van der Waals surface area contributed by atoms with Crippen molar-refractivity contribution >= 4 is 17.7 Å². The number of hydrogen-bond donors (Lipinski definition) is 0. The van der Waals surface area contributed by atoms with Crippen molar-refractivity contribution in [1.29, 1.82) is 0 Å². The highest BCUT2D eigenvalue weighted by atomic mass is 16.5. The van der Waals surface area contributed by atoms with E-state index in [1.54, 1.807) is 7.11 Å². The first-order valence-corrected chi connectivity index (χ1v) is 12.4. The van der Waals surface area contributed by atoms with Crippen LogP contribution in [0.1, 0.15) is 49.4 Å². The first-order valence-electron chi connectivity index (χ1n) is 12.4. The molecule has 3 aliphatic rings. The Balaban J connectivity index is 1.39. The number of carbonyl (C=O) groups excluding carboxylic acids is 1. The second-order valence-electron chi connectivity index (χ2n) is 9.73. The van der Waals surface area contributed by atoms with E-state index < -0.39 is 0 Å². The SMILES string of the molecule is COc1cccc(CC(=O)N2CCc3nc(N4CCCC4)nc(N4CCC(C)CC4)c3C2)c1. The van der Waals surface area contributed by atoms with Crippen LogP contribution in [0.4, 0.5) is 11.8 Å². The first kappa shape index (κ1) is 22.0. The van der Waals surface area contributed by atoms with Crippen molar-refractivity contribution in [1.82, 2.24) is 14.9 Å². The second kappa shape index (κ2) is 9.57. The summed E-state index contributed by atoms with van der Waals surface area (Å²) in [5, 5.41) is 0. The van der Waals surface area contributed by atoms with Crippen LogP contribution in [0, 0.1) is 5.92 Å². The lowest BCUT2D eigenvalue weighted by Gasteiger charge is -2.36. The molecule has 0 aliphatic carbocycles.